The molecule has 3 unspecified atom stereocenters. The lowest BCUT2D eigenvalue weighted by molar-refractivity contribution is -0.171. The van der Waals surface area contributed by atoms with Crippen LogP contribution in [0.5, 0.6) is 5.75 Å². The van der Waals surface area contributed by atoms with Gasteiger partial charge in [-0.25, -0.2) is 4.39 Å². The summed E-state index contributed by atoms with van der Waals surface area (Å²) in [5.74, 6) is 1.40. The summed E-state index contributed by atoms with van der Waals surface area (Å²) in [5, 5.41) is 3.70. The van der Waals surface area contributed by atoms with E-state index in [-0.39, 0.29) is 11.6 Å². The van der Waals surface area contributed by atoms with Gasteiger partial charge in [-0.2, -0.15) is 0 Å². The van der Waals surface area contributed by atoms with E-state index in [2.05, 4.69) is 15.2 Å². The van der Waals surface area contributed by atoms with E-state index in [4.69, 9.17) is 9.47 Å². The second-order valence-corrected chi connectivity index (χ2v) is 7.82. The highest BCUT2D eigenvalue weighted by Gasteiger charge is 2.66. The fraction of sp³-hybridized carbons (Fsp3) is 0.650. The molecule has 0 radical (unpaired) electrons. The number of ether oxygens (including phenoxy) is 2. The molecule has 6 heteroatoms. The van der Waals surface area contributed by atoms with Crippen LogP contribution in [0.3, 0.4) is 0 Å². The zero-order valence-electron chi connectivity index (χ0n) is 15.8. The van der Waals surface area contributed by atoms with Gasteiger partial charge in [0.1, 0.15) is 0 Å². The van der Waals surface area contributed by atoms with Crippen molar-refractivity contribution in [2.24, 2.45) is 16.3 Å². The normalized spacial score (nSPS) is 28.9. The van der Waals surface area contributed by atoms with Crippen molar-refractivity contribution in [3.8, 4) is 5.75 Å². The van der Waals surface area contributed by atoms with Crippen molar-refractivity contribution >= 4 is 5.96 Å². The summed E-state index contributed by atoms with van der Waals surface area (Å²) >= 11 is 0. The van der Waals surface area contributed by atoms with Crippen molar-refractivity contribution in [2.45, 2.75) is 44.4 Å². The lowest BCUT2D eigenvalue weighted by Crippen LogP contribution is -2.72. The number of rotatable bonds is 4. The third-order valence-electron chi connectivity index (χ3n) is 6.53. The number of fused-ring (bicyclic) bond motifs is 2. The number of halogens is 1. The lowest BCUT2D eigenvalue weighted by Gasteiger charge is -2.63. The van der Waals surface area contributed by atoms with E-state index in [0.29, 0.717) is 30.0 Å². The number of benzene rings is 1. The number of aliphatic imine (C=N–C) groups is 1. The highest BCUT2D eigenvalue weighted by Crippen LogP contribution is 2.62. The zero-order chi connectivity index (χ0) is 18.3. The Balaban J connectivity index is 1.43. The van der Waals surface area contributed by atoms with Gasteiger partial charge in [0, 0.05) is 44.6 Å². The third kappa shape index (κ3) is 2.66. The van der Waals surface area contributed by atoms with Gasteiger partial charge in [0.2, 0.25) is 0 Å². The van der Waals surface area contributed by atoms with Gasteiger partial charge >= 0.3 is 0 Å². The average molecular weight is 361 g/mol. The van der Waals surface area contributed by atoms with Crippen LogP contribution in [0.1, 0.15) is 31.2 Å². The molecule has 1 aromatic rings. The standard InChI is InChI=1S/C20H28FN3O2/c1-22-19(24(2)12-13-5-6-16(25-3)15(21)11-13)23-17-14-7-10-26-18(14)20(17)8-4-9-20/h5-6,11,14,17-18H,4,7-10,12H2,1-3H3,(H,22,23). The first-order valence-electron chi connectivity index (χ1n) is 9.47. The zero-order valence-corrected chi connectivity index (χ0v) is 15.8. The van der Waals surface area contributed by atoms with E-state index in [1.807, 2.05) is 20.2 Å². The van der Waals surface area contributed by atoms with E-state index in [1.165, 1.54) is 32.4 Å². The van der Waals surface area contributed by atoms with Crippen LogP contribution >= 0.6 is 0 Å². The smallest absolute Gasteiger partial charge is 0.193 e. The molecule has 0 aromatic heterocycles. The molecule has 5 nitrogen and oxygen atoms in total. The van der Waals surface area contributed by atoms with E-state index in [9.17, 15) is 4.39 Å². The highest BCUT2D eigenvalue weighted by atomic mass is 19.1. The lowest BCUT2D eigenvalue weighted by atomic mass is 9.46. The van der Waals surface area contributed by atoms with Gasteiger partial charge in [0.25, 0.3) is 0 Å². The van der Waals surface area contributed by atoms with Crippen molar-refractivity contribution in [3.63, 3.8) is 0 Å². The first-order chi connectivity index (χ1) is 12.6. The largest absolute Gasteiger partial charge is 0.494 e. The molecule has 1 saturated heterocycles. The summed E-state index contributed by atoms with van der Waals surface area (Å²) < 4.78 is 24.9. The van der Waals surface area contributed by atoms with Gasteiger partial charge in [-0.1, -0.05) is 12.5 Å². The van der Waals surface area contributed by atoms with Gasteiger partial charge < -0.3 is 19.7 Å². The maximum atomic E-state index is 14.0. The Kier molecular flexibility index (Phi) is 4.55. The Hall–Kier alpha value is -1.82. The minimum atomic E-state index is -0.334. The molecule has 1 spiro atoms. The number of hydrogen-bond acceptors (Lipinski definition) is 3. The fourth-order valence-corrected chi connectivity index (χ4v) is 5.10. The highest BCUT2D eigenvalue weighted by molar-refractivity contribution is 5.80. The molecule has 3 atom stereocenters. The monoisotopic (exact) mass is 361 g/mol. The topological polar surface area (TPSA) is 46.1 Å². The van der Waals surface area contributed by atoms with Crippen LogP contribution in [0.25, 0.3) is 0 Å². The Morgan fingerprint density at radius 3 is 2.88 bits per heavy atom. The summed E-state index contributed by atoms with van der Waals surface area (Å²) in [4.78, 5) is 6.52. The molecule has 2 aliphatic carbocycles. The molecule has 0 bridgehead atoms. The minimum Gasteiger partial charge on any atom is -0.494 e. The van der Waals surface area contributed by atoms with Gasteiger partial charge in [-0.3, -0.25) is 4.99 Å². The van der Waals surface area contributed by atoms with Crippen LogP contribution < -0.4 is 10.1 Å². The van der Waals surface area contributed by atoms with Crippen LogP contribution in [0.2, 0.25) is 0 Å². The fourth-order valence-electron chi connectivity index (χ4n) is 5.10. The maximum Gasteiger partial charge on any atom is 0.193 e. The predicted octanol–water partition coefficient (Wildman–Crippen LogP) is 2.80. The van der Waals surface area contributed by atoms with Crippen LogP contribution in [0.4, 0.5) is 4.39 Å². The summed E-state index contributed by atoms with van der Waals surface area (Å²) in [6.07, 6.45) is 5.36. The Bertz CT molecular complexity index is 704. The molecule has 3 aliphatic rings. The van der Waals surface area contributed by atoms with Crippen molar-refractivity contribution in [2.75, 3.05) is 27.8 Å². The van der Waals surface area contributed by atoms with Crippen molar-refractivity contribution in [3.05, 3.63) is 29.6 Å². The second kappa shape index (κ2) is 6.72. The van der Waals surface area contributed by atoms with Gasteiger partial charge in [-0.05, 0) is 37.0 Å². The van der Waals surface area contributed by atoms with E-state index in [0.717, 1.165) is 24.6 Å². The quantitative estimate of drug-likeness (QED) is 0.662. The molecule has 3 fully saturated rings. The number of nitrogens with zero attached hydrogens (tertiary/aromatic N) is 2. The summed E-state index contributed by atoms with van der Waals surface area (Å²) in [6.45, 7) is 1.47. The first kappa shape index (κ1) is 17.6. The van der Waals surface area contributed by atoms with Crippen LogP contribution in [0, 0.1) is 17.2 Å². The SMILES string of the molecule is CN=C(NC1C2CCOC2C12CCC2)N(C)Cc1ccc(OC)c(F)c1. The predicted molar refractivity (Wildman–Crippen MR) is 98.8 cm³/mol. The molecule has 1 heterocycles. The van der Waals surface area contributed by atoms with Crippen molar-refractivity contribution in [1.82, 2.24) is 10.2 Å². The molecule has 142 valence electrons. The van der Waals surface area contributed by atoms with Gasteiger partial charge in [0.05, 0.1) is 13.2 Å². The first-order valence-corrected chi connectivity index (χ1v) is 9.47. The number of methoxy groups -OCH3 is 1. The van der Waals surface area contributed by atoms with E-state index >= 15 is 0 Å². The minimum absolute atomic E-state index is 0.271. The van der Waals surface area contributed by atoms with Crippen LogP contribution in [-0.4, -0.2) is 50.8 Å². The van der Waals surface area contributed by atoms with E-state index < -0.39 is 0 Å². The summed E-state index contributed by atoms with van der Waals surface area (Å²) in [6, 6.07) is 5.53. The van der Waals surface area contributed by atoms with E-state index in [1.54, 1.807) is 6.07 Å². The molecular formula is C20H28FN3O2. The maximum absolute atomic E-state index is 14.0. The molecule has 1 aliphatic heterocycles. The van der Waals surface area contributed by atoms with Gasteiger partial charge in [0.15, 0.2) is 17.5 Å². The van der Waals surface area contributed by atoms with Gasteiger partial charge in [-0.15, -0.1) is 0 Å². The Morgan fingerprint density at radius 2 is 2.27 bits per heavy atom. The van der Waals surface area contributed by atoms with Crippen molar-refractivity contribution in [1.29, 1.82) is 0 Å². The Labute approximate surface area is 154 Å². The molecule has 0 amide bonds. The molecular weight excluding hydrogens is 333 g/mol. The van der Waals surface area contributed by atoms with Crippen LogP contribution in [-0.2, 0) is 11.3 Å². The molecule has 2 saturated carbocycles. The average Bonchev–Trinajstić information content (AvgIpc) is 2.99. The van der Waals surface area contributed by atoms with Crippen LogP contribution in [0.15, 0.2) is 23.2 Å². The molecule has 26 heavy (non-hydrogen) atoms. The number of nitrogens with one attached hydrogen (secondary N) is 1. The number of hydrogen-bond donors (Lipinski definition) is 1. The summed E-state index contributed by atoms with van der Waals surface area (Å²) in [7, 11) is 5.28. The molecule has 1 N–H and O–H groups in total. The van der Waals surface area contributed by atoms with Crippen molar-refractivity contribution < 1.29 is 13.9 Å². The summed E-state index contributed by atoms with van der Waals surface area (Å²) in [5.41, 5.74) is 1.20. The third-order valence-corrected chi connectivity index (χ3v) is 6.53. The molecule has 4 rings (SSSR count). The Morgan fingerprint density at radius 1 is 1.46 bits per heavy atom. The molecule has 1 aromatic carbocycles. The second-order valence-electron chi connectivity index (χ2n) is 7.82. The number of guanidine groups is 1.